The molecule has 0 saturated heterocycles. The normalized spacial score (nSPS) is 10.2. The molecule has 0 fully saturated rings. The summed E-state index contributed by atoms with van der Waals surface area (Å²) in [5.74, 6) is 2.12. The molecule has 0 unspecified atom stereocenters. The maximum Gasteiger partial charge on any atom is 0.160 e. The van der Waals surface area contributed by atoms with Crippen LogP contribution < -0.4 is 14.8 Å². The largest absolute Gasteiger partial charge is 0.493 e. The molecule has 0 aliphatic carbocycles. The summed E-state index contributed by atoms with van der Waals surface area (Å²) in [6, 6.07) is 5.87. The number of methoxy groups -OCH3 is 2. The van der Waals surface area contributed by atoms with Crippen LogP contribution in [0.5, 0.6) is 11.5 Å². The van der Waals surface area contributed by atoms with Crippen LogP contribution >= 0.6 is 11.6 Å². The van der Waals surface area contributed by atoms with Gasteiger partial charge in [0.1, 0.15) is 11.0 Å². The molecule has 0 amide bonds. The van der Waals surface area contributed by atoms with Gasteiger partial charge in [-0.25, -0.2) is 4.98 Å². The third kappa shape index (κ3) is 3.74. The van der Waals surface area contributed by atoms with E-state index in [0.717, 1.165) is 30.0 Å². The molecule has 0 aliphatic heterocycles. The highest BCUT2D eigenvalue weighted by Gasteiger charge is 2.04. The van der Waals surface area contributed by atoms with Crippen molar-refractivity contribution in [3.8, 4) is 11.5 Å². The van der Waals surface area contributed by atoms with Crippen LogP contribution in [0.15, 0.2) is 30.6 Å². The van der Waals surface area contributed by atoms with Crippen molar-refractivity contribution in [2.45, 2.75) is 6.42 Å². The van der Waals surface area contributed by atoms with Gasteiger partial charge in [0.05, 0.1) is 26.6 Å². The minimum absolute atomic E-state index is 0.376. The number of halogens is 1. The first-order valence-electron chi connectivity index (χ1n) is 6.15. The predicted molar refractivity (Wildman–Crippen MR) is 78.8 cm³/mol. The maximum absolute atomic E-state index is 5.77. The number of hydrogen-bond donors (Lipinski definition) is 1. The van der Waals surface area contributed by atoms with E-state index < -0.39 is 0 Å². The smallest absolute Gasteiger partial charge is 0.160 e. The topological polar surface area (TPSA) is 56.3 Å². The molecule has 2 aromatic rings. The molecular formula is C14H16ClN3O2. The lowest BCUT2D eigenvalue weighted by Crippen LogP contribution is -2.06. The lowest BCUT2D eigenvalue weighted by atomic mass is 10.1. The average Bonchev–Trinajstić information content (AvgIpc) is 2.47. The van der Waals surface area contributed by atoms with Gasteiger partial charge in [0.2, 0.25) is 0 Å². The summed E-state index contributed by atoms with van der Waals surface area (Å²) in [7, 11) is 3.25. The van der Waals surface area contributed by atoms with E-state index in [4.69, 9.17) is 21.1 Å². The van der Waals surface area contributed by atoms with Crippen molar-refractivity contribution in [3.05, 3.63) is 41.3 Å². The minimum atomic E-state index is 0.376. The zero-order valence-corrected chi connectivity index (χ0v) is 12.1. The second kappa shape index (κ2) is 6.96. The van der Waals surface area contributed by atoms with E-state index in [1.807, 2.05) is 18.2 Å². The van der Waals surface area contributed by atoms with Crippen LogP contribution in [0.1, 0.15) is 5.56 Å². The van der Waals surface area contributed by atoms with Crippen molar-refractivity contribution in [1.82, 2.24) is 9.97 Å². The van der Waals surface area contributed by atoms with Crippen LogP contribution in [0, 0.1) is 0 Å². The number of rotatable bonds is 6. The Bertz CT molecular complexity index is 578. The van der Waals surface area contributed by atoms with E-state index >= 15 is 0 Å². The van der Waals surface area contributed by atoms with Gasteiger partial charge in [-0.05, 0) is 24.1 Å². The van der Waals surface area contributed by atoms with Crippen molar-refractivity contribution in [1.29, 1.82) is 0 Å². The number of aromatic nitrogens is 2. The summed E-state index contributed by atoms with van der Waals surface area (Å²) in [6.07, 6.45) is 3.97. The molecule has 1 aromatic heterocycles. The van der Waals surface area contributed by atoms with Crippen LogP contribution in [0.25, 0.3) is 0 Å². The summed E-state index contributed by atoms with van der Waals surface area (Å²) in [5.41, 5.74) is 1.14. The van der Waals surface area contributed by atoms with Crippen LogP contribution in [0.2, 0.25) is 5.15 Å². The van der Waals surface area contributed by atoms with Crippen molar-refractivity contribution >= 4 is 17.4 Å². The molecule has 20 heavy (non-hydrogen) atoms. The minimum Gasteiger partial charge on any atom is -0.493 e. The van der Waals surface area contributed by atoms with Gasteiger partial charge in [0.15, 0.2) is 11.5 Å². The molecule has 0 bridgehead atoms. The molecule has 0 saturated carbocycles. The van der Waals surface area contributed by atoms with Crippen molar-refractivity contribution in [2.75, 3.05) is 26.1 Å². The Hall–Kier alpha value is -2.01. The van der Waals surface area contributed by atoms with E-state index in [0.29, 0.717) is 11.0 Å². The summed E-state index contributed by atoms with van der Waals surface area (Å²) in [4.78, 5) is 8.08. The van der Waals surface area contributed by atoms with E-state index in [2.05, 4.69) is 15.3 Å². The Morgan fingerprint density at radius 1 is 1.15 bits per heavy atom. The zero-order chi connectivity index (χ0) is 14.4. The molecule has 5 nitrogen and oxygen atoms in total. The molecule has 2 rings (SSSR count). The summed E-state index contributed by atoms with van der Waals surface area (Å²) in [6.45, 7) is 0.727. The highest BCUT2D eigenvalue weighted by Crippen LogP contribution is 2.27. The molecule has 1 aromatic carbocycles. The summed E-state index contributed by atoms with van der Waals surface area (Å²) >= 11 is 5.77. The second-order valence-electron chi connectivity index (χ2n) is 4.09. The van der Waals surface area contributed by atoms with Crippen LogP contribution in [0.3, 0.4) is 0 Å². The fourth-order valence-electron chi connectivity index (χ4n) is 1.80. The molecule has 0 aliphatic rings. The van der Waals surface area contributed by atoms with Gasteiger partial charge in [0, 0.05) is 6.54 Å². The Morgan fingerprint density at radius 2 is 1.95 bits per heavy atom. The fraction of sp³-hybridized carbons (Fsp3) is 0.286. The van der Waals surface area contributed by atoms with Gasteiger partial charge in [0.25, 0.3) is 0 Å². The molecule has 6 heteroatoms. The number of anilines is 1. The van der Waals surface area contributed by atoms with Crippen molar-refractivity contribution in [2.24, 2.45) is 0 Å². The number of nitrogens with zero attached hydrogens (tertiary/aromatic N) is 2. The van der Waals surface area contributed by atoms with E-state index in [-0.39, 0.29) is 0 Å². The zero-order valence-electron chi connectivity index (χ0n) is 11.4. The molecule has 0 atom stereocenters. The number of ether oxygens (including phenoxy) is 2. The lowest BCUT2D eigenvalue weighted by molar-refractivity contribution is 0.354. The highest BCUT2D eigenvalue weighted by molar-refractivity contribution is 6.29. The average molecular weight is 294 g/mol. The first kappa shape index (κ1) is 14.4. The first-order chi connectivity index (χ1) is 9.72. The standard InChI is InChI=1S/C14H16ClN3O2/c1-19-11-4-3-10(7-12(11)20-2)5-6-17-14-9-16-8-13(15)18-14/h3-4,7-9H,5-6H2,1-2H3,(H,17,18). The van der Waals surface area contributed by atoms with E-state index in [1.54, 1.807) is 20.4 Å². The van der Waals surface area contributed by atoms with Gasteiger partial charge >= 0.3 is 0 Å². The predicted octanol–water partition coefficient (Wildman–Crippen LogP) is 2.80. The summed E-state index contributed by atoms with van der Waals surface area (Å²) < 4.78 is 10.5. The second-order valence-corrected chi connectivity index (χ2v) is 4.48. The van der Waals surface area contributed by atoms with Crippen molar-refractivity contribution < 1.29 is 9.47 Å². The van der Waals surface area contributed by atoms with Gasteiger partial charge in [-0.2, -0.15) is 0 Å². The van der Waals surface area contributed by atoms with Crippen LogP contribution in [-0.2, 0) is 6.42 Å². The number of nitrogens with one attached hydrogen (secondary N) is 1. The van der Waals surface area contributed by atoms with E-state index in [9.17, 15) is 0 Å². The molecule has 1 heterocycles. The molecular weight excluding hydrogens is 278 g/mol. The Kier molecular flexibility index (Phi) is 5.01. The Labute approximate surface area is 122 Å². The monoisotopic (exact) mass is 293 g/mol. The lowest BCUT2D eigenvalue weighted by Gasteiger charge is -2.10. The third-order valence-electron chi connectivity index (χ3n) is 2.77. The van der Waals surface area contributed by atoms with Gasteiger partial charge in [-0.3, -0.25) is 4.98 Å². The maximum atomic E-state index is 5.77. The molecule has 0 radical (unpaired) electrons. The van der Waals surface area contributed by atoms with Crippen LogP contribution in [-0.4, -0.2) is 30.7 Å². The van der Waals surface area contributed by atoms with Gasteiger partial charge in [-0.15, -0.1) is 0 Å². The SMILES string of the molecule is COc1ccc(CCNc2cncc(Cl)n2)cc1OC. The van der Waals surface area contributed by atoms with Crippen molar-refractivity contribution in [3.63, 3.8) is 0 Å². The Morgan fingerprint density at radius 3 is 2.65 bits per heavy atom. The number of benzene rings is 1. The number of hydrogen-bond acceptors (Lipinski definition) is 5. The first-order valence-corrected chi connectivity index (χ1v) is 6.53. The third-order valence-corrected chi connectivity index (χ3v) is 2.95. The molecule has 0 spiro atoms. The van der Waals surface area contributed by atoms with Gasteiger partial charge < -0.3 is 14.8 Å². The molecule has 1 N–H and O–H groups in total. The summed E-state index contributed by atoms with van der Waals surface area (Å²) in [5, 5.41) is 3.55. The quantitative estimate of drug-likeness (QED) is 0.887. The molecule has 106 valence electrons. The fourth-order valence-corrected chi connectivity index (χ4v) is 1.95. The van der Waals surface area contributed by atoms with Crippen LogP contribution in [0.4, 0.5) is 5.82 Å². The highest BCUT2D eigenvalue weighted by atomic mass is 35.5. The Balaban J connectivity index is 1.94. The van der Waals surface area contributed by atoms with E-state index in [1.165, 1.54) is 6.20 Å². The van der Waals surface area contributed by atoms with Gasteiger partial charge in [-0.1, -0.05) is 17.7 Å².